The van der Waals surface area contributed by atoms with Crippen LogP contribution in [0.1, 0.15) is 213 Å². The molecule has 5 heteroatoms. The first-order valence-corrected chi connectivity index (χ1v) is 19.1. The van der Waals surface area contributed by atoms with Gasteiger partial charge in [0.25, 0.3) is 0 Å². The maximum Gasteiger partial charge on any atom is 0.306 e. The van der Waals surface area contributed by atoms with Gasteiger partial charge in [-0.2, -0.15) is 0 Å². The number of aliphatic hydroxyl groups excluding tert-OH is 1. The summed E-state index contributed by atoms with van der Waals surface area (Å²) in [5.41, 5.74) is 0. The van der Waals surface area contributed by atoms with E-state index >= 15 is 0 Å². The van der Waals surface area contributed by atoms with E-state index in [2.05, 4.69) is 13.8 Å². The standard InChI is InChI=1S/C38H74O5/c1-3-5-7-9-11-13-14-15-16-17-18-19-20-21-22-23-25-27-29-31-33-38(41)43-36(34-39)35-42-37(40)32-30-28-26-24-12-10-8-6-4-2/h36,39H,3-35H2,1-2H3/t36-/m0/s1. The third-order valence-corrected chi connectivity index (χ3v) is 8.65. The van der Waals surface area contributed by atoms with Crippen LogP contribution in [0.4, 0.5) is 0 Å². The van der Waals surface area contributed by atoms with Gasteiger partial charge in [0.15, 0.2) is 6.10 Å². The molecule has 0 heterocycles. The SMILES string of the molecule is CCCCCCCCCCCCCCCCCCCCCCC(=O)O[C@@H](CO)COC(=O)CCCCCCCCCCC. The number of hydrogen-bond acceptors (Lipinski definition) is 5. The van der Waals surface area contributed by atoms with Crippen LogP contribution in [0.15, 0.2) is 0 Å². The van der Waals surface area contributed by atoms with Gasteiger partial charge in [-0.15, -0.1) is 0 Å². The largest absolute Gasteiger partial charge is 0.462 e. The van der Waals surface area contributed by atoms with Crippen molar-refractivity contribution in [3.63, 3.8) is 0 Å². The van der Waals surface area contributed by atoms with Gasteiger partial charge in [0.1, 0.15) is 6.61 Å². The molecular weight excluding hydrogens is 536 g/mol. The smallest absolute Gasteiger partial charge is 0.306 e. The molecule has 43 heavy (non-hydrogen) atoms. The molecule has 5 nitrogen and oxygen atoms in total. The topological polar surface area (TPSA) is 72.8 Å². The second-order valence-corrected chi connectivity index (χ2v) is 13.0. The van der Waals surface area contributed by atoms with E-state index in [0.717, 1.165) is 38.5 Å². The Labute approximate surface area is 268 Å². The van der Waals surface area contributed by atoms with Crippen molar-refractivity contribution in [3.05, 3.63) is 0 Å². The summed E-state index contributed by atoms with van der Waals surface area (Å²) in [5.74, 6) is -0.581. The molecule has 0 unspecified atom stereocenters. The first-order chi connectivity index (χ1) is 21.1. The quantitative estimate of drug-likeness (QED) is 0.0571. The second-order valence-electron chi connectivity index (χ2n) is 13.0. The molecule has 0 aliphatic rings. The molecule has 0 amide bonds. The minimum absolute atomic E-state index is 0.0578. The Morgan fingerprint density at radius 2 is 0.721 bits per heavy atom. The van der Waals surface area contributed by atoms with Crippen LogP contribution >= 0.6 is 0 Å². The highest BCUT2D eigenvalue weighted by Gasteiger charge is 2.16. The van der Waals surface area contributed by atoms with Crippen molar-refractivity contribution < 1.29 is 24.2 Å². The van der Waals surface area contributed by atoms with E-state index in [1.165, 1.54) is 148 Å². The van der Waals surface area contributed by atoms with Gasteiger partial charge >= 0.3 is 11.9 Å². The van der Waals surface area contributed by atoms with Crippen LogP contribution in [0.2, 0.25) is 0 Å². The zero-order valence-corrected chi connectivity index (χ0v) is 29.0. The van der Waals surface area contributed by atoms with Gasteiger partial charge in [-0.25, -0.2) is 0 Å². The first-order valence-electron chi connectivity index (χ1n) is 19.1. The van der Waals surface area contributed by atoms with E-state index in [9.17, 15) is 14.7 Å². The summed E-state index contributed by atoms with van der Waals surface area (Å²) in [6, 6.07) is 0. The summed E-state index contributed by atoms with van der Waals surface area (Å²) < 4.78 is 10.6. The summed E-state index contributed by atoms with van der Waals surface area (Å²) in [5, 5.41) is 9.51. The summed E-state index contributed by atoms with van der Waals surface area (Å²) in [6.45, 7) is 4.13. The van der Waals surface area contributed by atoms with Crippen LogP contribution in [0.3, 0.4) is 0 Å². The molecule has 0 bridgehead atoms. The van der Waals surface area contributed by atoms with Crippen molar-refractivity contribution in [2.75, 3.05) is 13.2 Å². The van der Waals surface area contributed by atoms with E-state index in [-0.39, 0.29) is 25.2 Å². The van der Waals surface area contributed by atoms with E-state index in [1.807, 2.05) is 0 Å². The molecule has 0 aromatic heterocycles. The van der Waals surface area contributed by atoms with E-state index in [4.69, 9.17) is 9.47 Å². The van der Waals surface area contributed by atoms with Crippen molar-refractivity contribution in [1.29, 1.82) is 0 Å². The predicted octanol–water partition coefficient (Wildman–Crippen LogP) is 11.6. The Morgan fingerprint density at radius 1 is 0.442 bits per heavy atom. The normalized spacial score (nSPS) is 12.0. The lowest BCUT2D eigenvalue weighted by Gasteiger charge is -2.15. The van der Waals surface area contributed by atoms with Crippen LogP contribution in [0.25, 0.3) is 0 Å². The zero-order valence-electron chi connectivity index (χ0n) is 29.0. The number of esters is 2. The molecule has 0 fully saturated rings. The number of rotatable bonds is 35. The zero-order chi connectivity index (χ0) is 31.5. The van der Waals surface area contributed by atoms with E-state index in [0.29, 0.717) is 12.8 Å². The average molecular weight is 611 g/mol. The Hall–Kier alpha value is -1.10. The molecule has 1 N–H and O–H groups in total. The van der Waals surface area contributed by atoms with Crippen molar-refractivity contribution >= 4 is 11.9 Å². The van der Waals surface area contributed by atoms with Crippen LogP contribution in [-0.4, -0.2) is 36.4 Å². The molecule has 0 radical (unpaired) electrons. The van der Waals surface area contributed by atoms with Crippen LogP contribution in [-0.2, 0) is 19.1 Å². The van der Waals surface area contributed by atoms with E-state index < -0.39 is 6.10 Å². The molecule has 0 spiro atoms. The molecular formula is C38H74O5. The summed E-state index contributed by atoms with van der Waals surface area (Å²) in [7, 11) is 0. The number of carbonyl (C=O) groups excluding carboxylic acids is 2. The molecule has 1 atom stereocenters. The minimum Gasteiger partial charge on any atom is -0.462 e. The molecule has 0 aliphatic heterocycles. The van der Waals surface area contributed by atoms with Gasteiger partial charge in [0, 0.05) is 12.8 Å². The second kappa shape index (κ2) is 35.4. The fourth-order valence-electron chi connectivity index (χ4n) is 5.73. The van der Waals surface area contributed by atoms with Gasteiger partial charge in [-0.3, -0.25) is 9.59 Å². The Morgan fingerprint density at radius 3 is 1.02 bits per heavy atom. The Balaban J connectivity index is 3.45. The molecule has 0 aromatic rings. The number of ether oxygens (including phenoxy) is 2. The molecule has 0 saturated heterocycles. The first kappa shape index (κ1) is 41.9. The highest BCUT2D eigenvalue weighted by molar-refractivity contribution is 5.70. The molecule has 0 rings (SSSR count). The van der Waals surface area contributed by atoms with Gasteiger partial charge in [0.2, 0.25) is 0 Å². The number of aliphatic hydroxyl groups is 1. The number of carbonyl (C=O) groups is 2. The lowest BCUT2D eigenvalue weighted by atomic mass is 10.0. The lowest BCUT2D eigenvalue weighted by molar-refractivity contribution is -0.161. The van der Waals surface area contributed by atoms with Crippen LogP contribution in [0, 0.1) is 0 Å². The van der Waals surface area contributed by atoms with Crippen LogP contribution < -0.4 is 0 Å². The maximum absolute atomic E-state index is 12.1. The third-order valence-electron chi connectivity index (χ3n) is 8.65. The molecule has 256 valence electrons. The predicted molar refractivity (Wildman–Crippen MR) is 182 cm³/mol. The summed E-state index contributed by atoms with van der Waals surface area (Å²) in [6.07, 6.45) is 37.4. The van der Waals surface area contributed by atoms with Crippen molar-refractivity contribution in [1.82, 2.24) is 0 Å². The van der Waals surface area contributed by atoms with Gasteiger partial charge in [0.05, 0.1) is 6.61 Å². The molecule has 0 aromatic carbocycles. The van der Waals surface area contributed by atoms with Gasteiger partial charge in [-0.05, 0) is 12.8 Å². The lowest BCUT2D eigenvalue weighted by Crippen LogP contribution is -2.28. The highest BCUT2D eigenvalue weighted by atomic mass is 16.6. The maximum atomic E-state index is 12.1. The fraction of sp³-hybridized carbons (Fsp3) is 0.947. The van der Waals surface area contributed by atoms with Crippen molar-refractivity contribution in [3.8, 4) is 0 Å². The molecule has 0 saturated carbocycles. The summed E-state index contributed by atoms with van der Waals surface area (Å²) >= 11 is 0. The Kier molecular flexibility index (Phi) is 34.5. The highest BCUT2D eigenvalue weighted by Crippen LogP contribution is 2.16. The van der Waals surface area contributed by atoms with Gasteiger partial charge < -0.3 is 14.6 Å². The van der Waals surface area contributed by atoms with Crippen LogP contribution in [0.5, 0.6) is 0 Å². The fourth-order valence-corrected chi connectivity index (χ4v) is 5.73. The van der Waals surface area contributed by atoms with E-state index in [1.54, 1.807) is 0 Å². The monoisotopic (exact) mass is 611 g/mol. The molecule has 0 aliphatic carbocycles. The van der Waals surface area contributed by atoms with Gasteiger partial charge in [-0.1, -0.05) is 187 Å². The average Bonchev–Trinajstić information content (AvgIpc) is 3.01. The third kappa shape index (κ3) is 33.6. The Bertz CT molecular complexity index is 579. The number of unbranched alkanes of at least 4 members (excludes halogenated alkanes) is 27. The number of hydrogen-bond donors (Lipinski definition) is 1. The summed E-state index contributed by atoms with van der Waals surface area (Å²) in [4.78, 5) is 24.1. The minimum atomic E-state index is -0.760. The van der Waals surface area contributed by atoms with Crippen molar-refractivity contribution in [2.24, 2.45) is 0 Å². The van der Waals surface area contributed by atoms with Crippen molar-refractivity contribution in [2.45, 2.75) is 219 Å².